The fourth-order valence-corrected chi connectivity index (χ4v) is 2.68. The van der Waals surface area contributed by atoms with Crippen molar-refractivity contribution in [1.29, 1.82) is 0 Å². The van der Waals surface area contributed by atoms with Gasteiger partial charge in [-0.15, -0.1) is 0 Å². The largest absolute Gasteiger partial charge is 0.391 e. The minimum Gasteiger partial charge on any atom is -0.391 e. The van der Waals surface area contributed by atoms with Gasteiger partial charge in [-0.3, -0.25) is 0 Å². The molecule has 0 unspecified atom stereocenters. The molecule has 1 aliphatic carbocycles. The van der Waals surface area contributed by atoms with Crippen molar-refractivity contribution in [1.82, 2.24) is 0 Å². The number of aliphatic hydroxyl groups is 1. The second-order valence-corrected chi connectivity index (χ2v) is 5.37. The first-order valence-corrected chi connectivity index (χ1v) is 6.60. The van der Waals surface area contributed by atoms with E-state index in [-0.39, 0.29) is 6.04 Å². The van der Waals surface area contributed by atoms with E-state index < -0.39 is 6.10 Å². The van der Waals surface area contributed by atoms with E-state index in [2.05, 4.69) is 31.2 Å². The van der Waals surface area contributed by atoms with Crippen LogP contribution in [0.4, 0.5) is 0 Å². The minimum absolute atomic E-state index is 0.275. The van der Waals surface area contributed by atoms with Crippen LogP contribution in [0.5, 0.6) is 0 Å². The van der Waals surface area contributed by atoms with Crippen molar-refractivity contribution in [3.8, 4) is 0 Å². The van der Waals surface area contributed by atoms with Gasteiger partial charge in [0.2, 0.25) is 0 Å². The smallest absolute Gasteiger partial charge is 0.0761 e. The number of benzene rings is 2. The van der Waals surface area contributed by atoms with E-state index in [0.717, 1.165) is 18.4 Å². The number of aryl methyl sites for hydroxylation is 1. The highest BCUT2D eigenvalue weighted by Crippen LogP contribution is 2.38. The monoisotopic (exact) mass is 241 g/mol. The molecule has 3 rings (SSSR count). The van der Waals surface area contributed by atoms with Gasteiger partial charge in [-0.25, -0.2) is 0 Å². The van der Waals surface area contributed by atoms with E-state index in [0.29, 0.717) is 5.92 Å². The number of hydrogen-bond donors (Lipinski definition) is 2. The highest BCUT2D eigenvalue weighted by atomic mass is 16.3. The molecule has 0 heterocycles. The Hall–Kier alpha value is -1.38. The molecule has 1 aliphatic rings. The van der Waals surface area contributed by atoms with Crippen molar-refractivity contribution < 1.29 is 5.11 Å². The molecular formula is C16H19NO. The molecule has 0 saturated heterocycles. The first kappa shape index (κ1) is 11.7. The quantitative estimate of drug-likeness (QED) is 0.868. The van der Waals surface area contributed by atoms with Crippen LogP contribution in [-0.2, 0) is 0 Å². The van der Waals surface area contributed by atoms with E-state index in [1.807, 2.05) is 12.1 Å². The normalized spacial score (nSPS) is 18.8. The van der Waals surface area contributed by atoms with E-state index in [1.165, 1.54) is 16.3 Å². The third-order valence-corrected chi connectivity index (χ3v) is 4.01. The summed E-state index contributed by atoms with van der Waals surface area (Å²) in [7, 11) is 0. The maximum Gasteiger partial charge on any atom is 0.0761 e. The van der Waals surface area contributed by atoms with Crippen molar-refractivity contribution in [2.75, 3.05) is 0 Å². The van der Waals surface area contributed by atoms with E-state index in [1.54, 1.807) is 0 Å². The molecule has 0 radical (unpaired) electrons. The van der Waals surface area contributed by atoms with Crippen LogP contribution in [0, 0.1) is 12.8 Å². The zero-order valence-corrected chi connectivity index (χ0v) is 10.6. The average Bonchev–Trinajstić information content (AvgIpc) is 3.22. The zero-order chi connectivity index (χ0) is 12.7. The number of aliphatic hydroxyl groups excluding tert-OH is 1. The molecule has 1 fully saturated rings. The molecule has 0 spiro atoms. The van der Waals surface area contributed by atoms with Gasteiger partial charge in [-0.05, 0) is 47.6 Å². The molecule has 0 aromatic heterocycles. The lowest BCUT2D eigenvalue weighted by molar-refractivity contribution is 0.123. The molecule has 0 aliphatic heterocycles. The summed E-state index contributed by atoms with van der Waals surface area (Å²) in [5, 5.41) is 12.6. The van der Waals surface area contributed by atoms with Crippen LogP contribution >= 0.6 is 0 Å². The van der Waals surface area contributed by atoms with Gasteiger partial charge in [-0.1, -0.05) is 36.4 Å². The summed E-state index contributed by atoms with van der Waals surface area (Å²) in [5.41, 5.74) is 8.56. The molecule has 2 heteroatoms. The first-order chi connectivity index (χ1) is 8.68. The van der Waals surface area contributed by atoms with Gasteiger partial charge >= 0.3 is 0 Å². The zero-order valence-electron chi connectivity index (χ0n) is 10.6. The lowest BCUT2D eigenvalue weighted by atomic mass is 9.92. The SMILES string of the molecule is Cc1ccc([C@@H](N)[C@@H](O)C2CC2)c2ccccc12. The molecule has 2 nitrogen and oxygen atoms in total. The van der Waals surface area contributed by atoms with Crippen molar-refractivity contribution in [2.24, 2.45) is 11.7 Å². The van der Waals surface area contributed by atoms with Crippen LogP contribution < -0.4 is 5.73 Å². The third kappa shape index (κ3) is 1.92. The summed E-state index contributed by atoms with van der Waals surface area (Å²) in [6, 6.07) is 12.2. The van der Waals surface area contributed by atoms with Crippen LogP contribution in [0.1, 0.15) is 30.0 Å². The minimum atomic E-state index is -0.406. The van der Waals surface area contributed by atoms with Gasteiger partial charge in [0.1, 0.15) is 0 Å². The van der Waals surface area contributed by atoms with Gasteiger partial charge in [0.15, 0.2) is 0 Å². The number of rotatable bonds is 3. The molecule has 2 aromatic carbocycles. The van der Waals surface area contributed by atoms with E-state index in [9.17, 15) is 5.11 Å². The molecule has 94 valence electrons. The summed E-state index contributed by atoms with van der Waals surface area (Å²) in [6.07, 6.45) is 1.81. The topological polar surface area (TPSA) is 46.2 Å². The Kier molecular flexibility index (Phi) is 2.84. The Morgan fingerprint density at radius 1 is 1.11 bits per heavy atom. The van der Waals surface area contributed by atoms with Crippen molar-refractivity contribution in [3.05, 3.63) is 47.5 Å². The average molecular weight is 241 g/mol. The lowest BCUT2D eigenvalue weighted by Crippen LogP contribution is -2.28. The van der Waals surface area contributed by atoms with Crippen molar-refractivity contribution in [2.45, 2.75) is 31.9 Å². The van der Waals surface area contributed by atoms with Crippen LogP contribution in [0.25, 0.3) is 10.8 Å². The van der Waals surface area contributed by atoms with Crippen molar-refractivity contribution in [3.63, 3.8) is 0 Å². The number of hydrogen-bond acceptors (Lipinski definition) is 2. The standard InChI is InChI=1S/C16H19NO/c1-10-6-9-14(13-5-3-2-4-12(10)13)15(17)16(18)11-7-8-11/h2-6,9,11,15-16,18H,7-8,17H2,1H3/t15-,16+/m1/s1. The van der Waals surface area contributed by atoms with Gasteiger partial charge in [0, 0.05) is 0 Å². The highest BCUT2D eigenvalue weighted by molar-refractivity contribution is 5.89. The number of fused-ring (bicyclic) bond motifs is 1. The Morgan fingerprint density at radius 2 is 1.78 bits per heavy atom. The fraction of sp³-hybridized carbons (Fsp3) is 0.375. The molecule has 0 bridgehead atoms. The third-order valence-electron chi connectivity index (χ3n) is 4.01. The van der Waals surface area contributed by atoms with E-state index >= 15 is 0 Å². The van der Waals surface area contributed by atoms with E-state index in [4.69, 9.17) is 5.73 Å². The summed E-state index contributed by atoms with van der Waals surface area (Å²) in [4.78, 5) is 0. The van der Waals surface area contributed by atoms with Gasteiger partial charge in [-0.2, -0.15) is 0 Å². The fourth-order valence-electron chi connectivity index (χ4n) is 2.68. The van der Waals surface area contributed by atoms with Gasteiger partial charge in [0.25, 0.3) is 0 Å². The summed E-state index contributed by atoms with van der Waals surface area (Å²) < 4.78 is 0. The van der Waals surface area contributed by atoms with Crippen LogP contribution in [0.15, 0.2) is 36.4 Å². The maximum atomic E-state index is 10.2. The maximum absolute atomic E-state index is 10.2. The second-order valence-electron chi connectivity index (χ2n) is 5.37. The molecule has 1 saturated carbocycles. The van der Waals surface area contributed by atoms with Crippen LogP contribution in [0.3, 0.4) is 0 Å². The summed E-state index contributed by atoms with van der Waals surface area (Å²) in [6.45, 7) is 2.11. The Bertz CT molecular complexity index is 574. The molecule has 2 atom stereocenters. The predicted molar refractivity (Wildman–Crippen MR) is 74.3 cm³/mol. The second kappa shape index (κ2) is 4.38. The highest BCUT2D eigenvalue weighted by Gasteiger charge is 2.34. The molecular weight excluding hydrogens is 222 g/mol. The lowest BCUT2D eigenvalue weighted by Gasteiger charge is -2.21. The number of nitrogens with two attached hydrogens (primary N) is 1. The van der Waals surface area contributed by atoms with Gasteiger partial charge < -0.3 is 10.8 Å². The Morgan fingerprint density at radius 3 is 2.44 bits per heavy atom. The Labute approximate surface area is 107 Å². The molecule has 3 N–H and O–H groups in total. The summed E-state index contributed by atoms with van der Waals surface area (Å²) in [5.74, 6) is 0.403. The predicted octanol–water partition coefficient (Wildman–Crippen LogP) is 2.92. The Balaban J connectivity index is 2.08. The van der Waals surface area contributed by atoms with Crippen LogP contribution in [-0.4, -0.2) is 11.2 Å². The first-order valence-electron chi connectivity index (χ1n) is 6.60. The van der Waals surface area contributed by atoms with Crippen molar-refractivity contribution >= 4 is 10.8 Å². The molecule has 18 heavy (non-hydrogen) atoms. The van der Waals surface area contributed by atoms with Gasteiger partial charge in [0.05, 0.1) is 12.1 Å². The summed E-state index contributed by atoms with van der Waals surface area (Å²) >= 11 is 0. The molecule has 0 amide bonds. The molecule has 2 aromatic rings. The van der Waals surface area contributed by atoms with Crippen LogP contribution in [0.2, 0.25) is 0 Å².